The lowest BCUT2D eigenvalue weighted by atomic mass is 9.93. The first-order valence-electron chi connectivity index (χ1n) is 7.61. The third kappa shape index (κ3) is 4.32. The fourth-order valence-electron chi connectivity index (χ4n) is 2.88. The molecule has 1 aromatic heterocycles. The van der Waals surface area contributed by atoms with Crippen molar-refractivity contribution in [2.75, 3.05) is 20.8 Å². The number of nitrogens with two attached hydrogens (primary N) is 1. The Balaban J connectivity index is 1.93. The van der Waals surface area contributed by atoms with Crippen molar-refractivity contribution in [3.05, 3.63) is 18.0 Å². The molecule has 1 aliphatic rings. The van der Waals surface area contributed by atoms with Crippen LogP contribution in [-0.2, 0) is 11.3 Å². The fraction of sp³-hybridized carbons (Fsp3) is 0.688. The second-order valence-corrected chi connectivity index (χ2v) is 5.76. The van der Waals surface area contributed by atoms with Crippen molar-refractivity contribution in [2.24, 2.45) is 5.73 Å². The van der Waals surface area contributed by atoms with Gasteiger partial charge in [-0.1, -0.05) is 25.7 Å². The van der Waals surface area contributed by atoms with Gasteiger partial charge in [-0.25, -0.2) is 0 Å². The molecule has 5 nitrogen and oxygen atoms in total. The molecule has 0 unspecified atom stereocenters. The van der Waals surface area contributed by atoms with Crippen LogP contribution in [0.15, 0.2) is 12.3 Å². The first kappa shape index (κ1) is 16.0. The van der Waals surface area contributed by atoms with Crippen molar-refractivity contribution < 1.29 is 14.2 Å². The standard InChI is InChI=1S/C16H26N2O3/c1-19-14-7-10-18-13(15(14)20-2)11-21-12-16(17)8-5-3-4-6-9-16/h7,10H,3-6,8-9,11-12,17H2,1-2H3. The van der Waals surface area contributed by atoms with Gasteiger partial charge in [0.25, 0.3) is 0 Å². The summed E-state index contributed by atoms with van der Waals surface area (Å²) in [7, 11) is 3.22. The van der Waals surface area contributed by atoms with Crippen LogP contribution in [0.1, 0.15) is 44.2 Å². The molecule has 0 spiro atoms. The van der Waals surface area contributed by atoms with Gasteiger partial charge in [0, 0.05) is 17.8 Å². The molecular weight excluding hydrogens is 268 g/mol. The van der Waals surface area contributed by atoms with Crippen molar-refractivity contribution in [1.82, 2.24) is 4.98 Å². The molecular formula is C16H26N2O3. The molecule has 1 saturated carbocycles. The summed E-state index contributed by atoms with van der Waals surface area (Å²) in [5.74, 6) is 1.30. The summed E-state index contributed by atoms with van der Waals surface area (Å²) in [6.07, 6.45) is 8.73. The molecule has 0 aliphatic heterocycles. The van der Waals surface area contributed by atoms with E-state index in [0.717, 1.165) is 18.5 Å². The Kier molecular flexibility index (Phi) is 5.82. The van der Waals surface area contributed by atoms with E-state index in [9.17, 15) is 0 Å². The van der Waals surface area contributed by atoms with E-state index in [0.29, 0.717) is 24.7 Å². The monoisotopic (exact) mass is 294 g/mol. The molecule has 0 radical (unpaired) electrons. The van der Waals surface area contributed by atoms with Crippen molar-refractivity contribution in [3.63, 3.8) is 0 Å². The minimum absolute atomic E-state index is 0.192. The van der Waals surface area contributed by atoms with Gasteiger partial charge in [-0.3, -0.25) is 4.98 Å². The van der Waals surface area contributed by atoms with Gasteiger partial charge in [0.2, 0.25) is 0 Å². The highest BCUT2D eigenvalue weighted by atomic mass is 16.5. The zero-order valence-electron chi connectivity index (χ0n) is 13.1. The summed E-state index contributed by atoms with van der Waals surface area (Å²) in [5.41, 5.74) is 7.00. The summed E-state index contributed by atoms with van der Waals surface area (Å²) in [6.45, 7) is 0.953. The molecule has 0 atom stereocenters. The maximum atomic E-state index is 6.45. The molecule has 0 aromatic carbocycles. The van der Waals surface area contributed by atoms with E-state index >= 15 is 0 Å². The number of methoxy groups -OCH3 is 2. The van der Waals surface area contributed by atoms with Gasteiger partial charge < -0.3 is 19.9 Å². The molecule has 1 aromatic rings. The molecule has 2 N–H and O–H groups in total. The average Bonchev–Trinajstić information content (AvgIpc) is 2.72. The Hall–Kier alpha value is -1.33. The van der Waals surface area contributed by atoms with Crippen molar-refractivity contribution >= 4 is 0 Å². The quantitative estimate of drug-likeness (QED) is 0.817. The normalized spacial score (nSPS) is 18.0. The minimum Gasteiger partial charge on any atom is -0.493 e. The molecule has 1 fully saturated rings. The van der Waals surface area contributed by atoms with Gasteiger partial charge in [-0.05, 0) is 12.8 Å². The topological polar surface area (TPSA) is 66.6 Å². The maximum Gasteiger partial charge on any atom is 0.184 e. The van der Waals surface area contributed by atoms with Crippen molar-refractivity contribution in [2.45, 2.75) is 50.7 Å². The number of pyridine rings is 1. The number of hydrogen-bond donors (Lipinski definition) is 1. The van der Waals surface area contributed by atoms with Crippen molar-refractivity contribution in [3.8, 4) is 11.5 Å². The number of hydrogen-bond acceptors (Lipinski definition) is 5. The van der Waals surface area contributed by atoms with Crippen LogP contribution in [0.25, 0.3) is 0 Å². The maximum absolute atomic E-state index is 6.45. The van der Waals surface area contributed by atoms with E-state index in [4.69, 9.17) is 19.9 Å². The molecule has 1 aliphatic carbocycles. The highest BCUT2D eigenvalue weighted by molar-refractivity contribution is 5.42. The lowest BCUT2D eigenvalue weighted by Gasteiger charge is -2.27. The molecule has 2 rings (SSSR count). The van der Waals surface area contributed by atoms with Gasteiger partial charge in [0.15, 0.2) is 11.5 Å². The smallest absolute Gasteiger partial charge is 0.184 e. The summed E-state index contributed by atoms with van der Waals surface area (Å²) in [6, 6.07) is 1.78. The highest BCUT2D eigenvalue weighted by Crippen LogP contribution is 2.30. The number of nitrogens with zero attached hydrogens (tertiary/aromatic N) is 1. The number of rotatable bonds is 6. The zero-order chi connectivity index (χ0) is 15.1. The highest BCUT2D eigenvalue weighted by Gasteiger charge is 2.26. The third-order valence-corrected chi connectivity index (χ3v) is 4.09. The van der Waals surface area contributed by atoms with Crippen LogP contribution in [0.2, 0.25) is 0 Å². The predicted octanol–water partition coefficient (Wildman–Crippen LogP) is 2.67. The zero-order valence-corrected chi connectivity index (χ0v) is 13.1. The summed E-state index contributed by atoms with van der Waals surface area (Å²) in [5, 5.41) is 0. The van der Waals surface area contributed by atoms with E-state index in [-0.39, 0.29) is 5.54 Å². The van der Waals surface area contributed by atoms with Gasteiger partial charge in [0.05, 0.1) is 27.4 Å². The van der Waals surface area contributed by atoms with Crippen LogP contribution < -0.4 is 15.2 Å². The van der Waals surface area contributed by atoms with Crippen LogP contribution >= 0.6 is 0 Å². The van der Waals surface area contributed by atoms with Crippen LogP contribution in [0.5, 0.6) is 11.5 Å². The summed E-state index contributed by atoms with van der Waals surface area (Å²) >= 11 is 0. The summed E-state index contributed by atoms with van der Waals surface area (Å²) < 4.78 is 16.5. The lowest BCUT2D eigenvalue weighted by Crippen LogP contribution is -2.43. The van der Waals surface area contributed by atoms with Crippen LogP contribution in [-0.4, -0.2) is 31.3 Å². The largest absolute Gasteiger partial charge is 0.493 e. The summed E-state index contributed by atoms with van der Waals surface area (Å²) in [4.78, 5) is 4.31. The van der Waals surface area contributed by atoms with Gasteiger partial charge in [-0.15, -0.1) is 0 Å². The number of ether oxygens (including phenoxy) is 3. The third-order valence-electron chi connectivity index (χ3n) is 4.09. The SMILES string of the molecule is COc1ccnc(COCC2(N)CCCCCC2)c1OC. The van der Waals surface area contributed by atoms with E-state index < -0.39 is 0 Å². The minimum atomic E-state index is -0.192. The molecule has 0 amide bonds. The van der Waals surface area contributed by atoms with Crippen molar-refractivity contribution in [1.29, 1.82) is 0 Å². The Labute approximate surface area is 126 Å². The van der Waals surface area contributed by atoms with E-state index in [1.54, 1.807) is 26.5 Å². The second-order valence-electron chi connectivity index (χ2n) is 5.76. The van der Waals surface area contributed by atoms with E-state index in [2.05, 4.69) is 4.98 Å². The predicted molar refractivity (Wildman–Crippen MR) is 81.6 cm³/mol. The Bertz CT molecular complexity index is 443. The molecule has 118 valence electrons. The molecule has 0 saturated heterocycles. The Morgan fingerprint density at radius 1 is 1.14 bits per heavy atom. The van der Waals surface area contributed by atoms with E-state index in [1.807, 2.05) is 0 Å². The van der Waals surface area contributed by atoms with Gasteiger partial charge >= 0.3 is 0 Å². The second kappa shape index (κ2) is 7.61. The van der Waals surface area contributed by atoms with Crippen LogP contribution in [0.3, 0.4) is 0 Å². The van der Waals surface area contributed by atoms with Crippen LogP contribution in [0, 0.1) is 0 Å². The first-order chi connectivity index (χ1) is 10.2. The fourth-order valence-corrected chi connectivity index (χ4v) is 2.88. The Morgan fingerprint density at radius 2 is 1.86 bits per heavy atom. The first-order valence-corrected chi connectivity index (χ1v) is 7.61. The van der Waals surface area contributed by atoms with Gasteiger partial charge in [-0.2, -0.15) is 0 Å². The van der Waals surface area contributed by atoms with E-state index in [1.165, 1.54) is 25.7 Å². The Morgan fingerprint density at radius 3 is 2.48 bits per heavy atom. The number of aromatic nitrogens is 1. The average molecular weight is 294 g/mol. The molecule has 0 bridgehead atoms. The lowest BCUT2D eigenvalue weighted by molar-refractivity contribution is 0.0635. The van der Waals surface area contributed by atoms with Crippen LogP contribution in [0.4, 0.5) is 0 Å². The van der Waals surface area contributed by atoms with Gasteiger partial charge in [0.1, 0.15) is 5.69 Å². The molecule has 5 heteroatoms. The molecule has 21 heavy (non-hydrogen) atoms. The molecule has 1 heterocycles.